The molecule has 0 spiro atoms. The molecule has 1 aliphatic carbocycles. The summed E-state index contributed by atoms with van der Waals surface area (Å²) >= 11 is 0. The molecule has 4 atom stereocenters. The van der Waals surface area contributed by atoms with Gasteiger partial charge in [-0.05, 0) is 44.1 Å². The topological polar surface area (TPSA) is 41.1 Å². The monoisotopic (exact) mass is 238 g/mol. The van der Waals surface area contributed by atoms with Gasteiger partial charge in [-0.15, -0.1) is 0 Å². The highest BCUT2D eigenvalue weighted by Gasteiger charge is 2.27. The first-order chi connectivity index (χ1) is 8.15. The van der Waals surface area contributed by atoms with E-state index in [1.54, 1.807) is 0 Å². The fourth-order valence-electron chi connectivity index (χ4n) is 3.17. The van der Waals surface area contributed by atoms with Crippen molar-refractivity contribution in [2.45, 2.75) is 64.5 Å². The molecule has 3 nitrogen and oxygen atoms in total. The summed E-state index contributed by atoms with van der Waals surface area (Å²) in [6, 6.07) is 0.473. The normalized spacial score (nSPS) is 38.7. The maximum absolute atomic E-state index is 12.1. The van der Waals surface area contributed by atoms with Gasteiger partial charge in [0.05, 0.1) is 6.04 Å². The molecule has 17 heavy (non-hydrogen) atoms. The molecule has 1 saturated heterocycles. The maximum Gasteiger partial charge on any atom is 0.237 e. The summed E-state index contributed by atoms with van der Waals surface area (Å²) in [5.41, 5.74) is 0. The molecular formula is C14H26N2O. The lowest BCUT2D eigenvalue weighted by molar-refractivity contribution is -0.125. The molecule has 3 heteroatoms. The summed E-state index contributed by atoms with van der Waals surface area (Å²) in [5.74, 6) is 1.68. The van der Waals surface area contributed by atoms with Crippen LogP contribution in [0.4, 0.5) is 0 Å². The van der Waals surface area contributed by atoms with E-state index in [2.05, 4.69) is 24.5 Å². The van der Waals surface area contributed by atoms with Crippen molar-refractivity contribution in [3.8, 4) is 0 Å². The van der Waals surface area contributed by atoms with Gasteiger partial charge >= 0.3 is 0 Å². The summed E-state index contributed by atoms with van der Waals surface area (Å²) in [6.45, 7) is 5.52. The van der Waals surface area contributed by atoms with Crippen molar-refractivity contribution in [1.82, 2.24) is 10.6 Å². The van der Waals surface area contributed by atoms with Crippen molar-refractivity contribution in [3.63, 3.8) is 0 Å². The fraction of sp³-hybridized carbons (Fsp3) is 0.929. The van der Waals surface area contributed by atoms with E-state index < -0.39 is 0 Å². The second kappa shape index (κ2) is 5.85. The predicted octanol–water partition coefficient (Wildman–Crippen LogP) is 2.07. The van der Waals surface area contributed by atoms with Crippen molar-refractivity contribution in [3.05, 3.63) is 0 Å². The van der Waals surface area contributed by atoms with Gasteiger partial charge in [0, 0.05) is 6.04 Å². The van der Waals surface area contributed by atoms with Crippen LogP contribution in [-0.4, -0.2) is 24.5 Å². The lowest BCUT2D eigenvalue weighted by Crippen LogP contribution is -2.51. The lowest BCUT2D eigenvalue weighted by atomic mass is 9.86. The Morgan fingerprint density at radius 2 is 1.88 bits per heavy atom. The van der Waals surface area contributed by atoms with Gasteiger partial charge in [0.2, 0.25) is 5.91 Å². The molecule has 1 aliphatic heterocycles. The van der Waals surface area contributed by atoms with Gasteiger partial charge in [0.1, 0.15) is 0 Å². The smallest absolute Gasteiger partial charge is 0.237 e. The Labute approximate surface area is 105 Å². The van der Waals surface area contributed by atoms with E-state index in [4.69, 9.17) is 0 Å². The SMILES string of the molecule is CC1CCCC(NC(=O)C2CC(C)CCN2)C1. The number of amides is 1. The molecular weight excluding hydrogens is 212 g/mol. The Hall–Kier alpha value is -0.570. The van der Waals surface area contributed by atoms with Gasteiger partial charge in [-0.25, -0.2) is 0 Å². The Bertz CT molecular complexity index is 267. The maximum atomic E-state index is 12.1. The number of hydrogen-bond donors (Lipinski definition) is 2. The molecule has 2 N–H and O–H groups in total. The van der Waals surface area contributed by atoms with Crippen LogP contribution in [0.25, 0.3) is 0 Å². The Balaban J connectivity index is 1.79. The highest BCUT2D eigenvalue weighted by Crippen LogP contribution is 2.24. The molecule has 1 heterocycles. The molecule has 4 unspecified atom stereocenters. The van der Waals surface area contributed by atoms with Crippen LogP contribution in [-0.2, 0) is 4.79 Å². The Morgan fingerprint density at radius 3 is 2.59 bits per heavy atom. The van der Waals surface area contributed by atoms with Crippen molar-refractivity contribution >= 4 is 5.91 Å². The third kappa shape index (κ3) is 3.70. The van der Waals surface area contributed by atoms with Crippen LogP contribution in [0, 0.1) is 11.8 Å². The molecule has 1 amide bonds. The second-order valence-corrected chi connectivity index (χ2v) is 6.11. The largest absolute Gasteiger partial charge is 0.352 e. The van der Waals surface area contributed by atoms with E-state index in [9.17, 15) is 4.79 Å². The van der Waals surface area contributed by atoms with Crippen molar-refractivity contribution < 1.29 is 4.79 Å². The molecule has 2 fully saturated rings. The molecule has 0 aromatic carbocycles. The van der Waals surface area contributed by atoms with E-state index in [-0.39, 0.29) is 11.9 Å². The van der Waals surface area contributed by atoms with E-state index >= 15 is 0 Å². The zero-order valence-electron chi connectivity index (χ0n) is 11.2. The van der Waals surface area contributed by atoms with Crippen LogP contribution < -0.4 is 10.6 Å². The quantitative estimate of drug-likeness (QED) is 0.773. The van der Waals surface area contributed by atoms with Gasteiger partial charge < -0.3 is 10.6 Å². The van der Waals surface area contributed by atoms with Crippen molar-refractivity contribution in [1.29, 1.82) is 0 Å². The van der Waals surface area contributed by atoms with E-state index in [1.165, 1.54) is 25.7 Å². The Morgan fingerprint density at radius 1 is 1.12 bits per heavy atom. The van der Waals surface area contributed by atoms with Gasteiger partial charge in [0.25, 0.3) is 0 Å². The third-order valence-electron chi connectivity index (χ3n) is 4.27. The number of piperidine rings is 1. The minimum absolute atomic E-state index is 0.0518. The average molecular weight is 238 g/mol. The zero-order chi connectivity index (χ0) is 12.3. The van der Waals surface area contributed by atoms with Crippen LogP contribution in [0.5, 0.6) is 0 Å². The first-order valence-corrected chi connectivity index (χ1v) is 7.19. The lowest BCUT2D eigenvalue weighted by Gasteiger charge is -2.31. The molecule has 1 saturated carbocycles. The number of hydrogen-bond acceptors (Lipinski definition) is 2. The highest BCUT2D eigenvalue weighted by molar-refractivity contribution is 5.82. The number of carbonyl (C=O) groups excluding carboxylic acids is 1. The van der Waals surface area contributed by atoms with Crippen LogP contribution in [0.15, 0.2) is 0 Å². The first kappa shape index (κ1) is 12.9. The van der Waals surface area contributed by atoms with Crippen LogP contribution >= 0.6 is 0 Å². The zero-order valence-corrected chi connectivity index (χ0v) is 11.2. The summed E-state index contributed by atoms with van der Waals surface area (Å²) in [4.78, 5) is 12.1. The molecule has 0 aromatic rings. The van der Waals surface area contributed by atoms with Gasteiger partial charge in [0.15, 0.2) is 0 Å². The Kier molecular flexibility index (Phi) is 4.43. The van der Waals surface area contributed by atoms with Crippen LogP contribution in [0.2, 0.25) is 0 Å². The summed E-state index contributed by atoms with van der Waals surface area (Å²) < 4.78 is 0. The molecule has 98 valence electrons. The minimum Gasteiger partial charge on any atom is -0.352 e. The summed E-state index contributed by atoms with van der Waals surface area (Å²) in [7, 11) is 0. The molecule has 0 aromatic heterocycles. The number of rotatable bonds is 2. The standard InChI is InChI=1S/C14H26N2O/c1-10-4-3-5-12(8-10)16-14(17)13-9-11(2)6-7-15-13/h10-13,15H,3-9H2,1-2H3,(H,16,17). The van der Waals surface area contributed by atoms with E-state index in [0.29, 0.717) is 12.0 Å². The second-order valence-electron chi connectivity index (χ2n) is 6.11. The van der Waals surface area contributed by atoms with Crippen molar-refractivity contribution in [2.24, 2.45) is 11.8 Å². The van der Waals surface area contributed by atoms with E-state index in [1.807, 2.05) is 0 Å². The van der Waals surface area contributed by atoms with Gasteiger partial charge in [-0.3, -0.25) is 4.79 Å². The third-order valence-corrected chi connectivity index (χ3v) is 4.27. The van der Waals surface area contributed by atoms with Gasteiger partial charge in [-0.2, -0.15) is 0 Å². The molecule has 0 bridgehead atoms. The molecule has 2 aliphatic rings. The summed E-state index contributed by atoms with van der Waals surface area (Å²) in [6.07, 6.45) is 7.11. The number of nitrogens with one attached hydrogen (secondary N) is 2. The molecule has 0 radical (unpaired) electrons. The van der Waals surface area contributed by atoms with Crippen LogP contribution in [0.1, 0.15) is 52.4 Å². The predicted molar refractivity (Wildman–Crippen MR) is 69.8 cm³/mol. The number of carbonyl (C=O) groups is 1. The van der Waals surface area contributed by atoms with Gasteiger partial charge in [-0.1, -0.05) is 26.7 Å². The average Bonchev–Trinajstić information content (AvgIpc) is 2.29. The van der Waals surface area contributed by atoms with E-state index in [0.717, 1.165) is 25.3 Å². The molecule has 2 rings (SSSR count). The summed E-state index contributed by atoms with van der Waals surface area (Å²) in [5, 5.41) is 6.58. The highest BCUT2D eigenvalue weighted by atomic mass is 16.2. The fourth-order valence-corrected chi connectivity index (χ4v) is 3.17. The minimum atomic E-state index is 0.0518. The van der Waals surface area contributed by atoms with Crippen LogP contribution in [0.3, 0.4) is 0 Å². The first-order valence-electron chi connectivity index (χ1n) is 7.19. The van der Waals surface area contributed by atoms with Crippen molar-refractivity contribution in [2.75, 3.05) is 6.54 Å².